The minimum absolute atomic E-state index is 0.230. The largest absolute Gasteiger partial charge is 0.300 e. The number of rotatable bonds is 1. The summed E-state index contributed by atoms with van der Waals surface area (Å²) in [6, 6.07) is 4.19. The van der Waals surface area contributed by atoms with E-state index in [-0.39, 0.29) is 11.7 Å². The zero-order valence-corrected chi connectivity index (χ0v) is 10.3. The molecule has 1 fully saturated rings. The summed E-state index contributed by atoms with van der Waals surface area (Å²) in [4.78, 5) is 15.4. The van der Waals surface area contributed by atoms with Gasteiger partial charge in [0.15, 0.2) is 11.6 Å². The molecule has 1 saturated carbocycles. The average molecular weight is 261 g/mol. The summed E-state index contributed by atoms with van der Waals surface area (Å²) in [6.07, 6.45) is 4.30. The Morgan fingerprint density at radius 2 is 1.79 bits per heavy atom. The van der Waals surface area contributed by atoms with Gasteiger partial charge in [0.25, 0.3) is 0 Å². The van der Waals surface area contributed by atoms with Crippen LogP contribution in [-0.2, 0) is 4.79 Å². The molecule has 1 aliphatic carbocycles. The van der Waals surface area contributed by atoms with Crippen LogP contribution in [0.3, 0.4) is 0 Å². The molecule has 0 aliphatic heterocycles. The van der Waals surface area contributed by atoms with Crippen molar-refractivity contribution in [3.63, 3.8) is 0 Å². The van der Waals surface area contributed by atoms with Gasteiger partial charge < -0.3 is 0 Å². The molecule has 2 aromatic rings. The molecule has 1 aromatic carbocycles. The Labute approximate surface area is 109 Å². The first-order valence-electron chi connectivity index (χ1n) is 6.40. The van der Waals surface area contributed by atoms with E-state index >= 15 is 0 Å². The second-order valence-corrected chi connectivity index (χ2v) is 5.00. The van der Waals surface area contributed by atoms with Crippen molar-refractivity contribution in [1.29, 1.82) is 0 Å². The minimum atomic E-state index is -0.879. The molecule has 0 bridgehead atoms. The number of benzene rings is 1. The first kappa shape index (κ1) is 12.2. The summed E-state index contributed by atoms with van der Waals surface area (Å²) < 4.78 is 26.6. The van der Waals surface area contributed by atoms with Gasteiger partial charge in [-0.3, -0.25) is 9.78 Å². The second-order valence-electron chi connectivity index (χ2n) is 5.00. The highest BCUT2D eigenvalue weighted by Crippen LogP contribution is 2.35. The van der Waals surface area contributed by atoms with Crippen LogP contribution in [0.15, 0.2) is 24.4 Å². The van der Waals surface area contributed by atoms with Gasteiger partial charge in [0.05, 0.1) is 5.52 Å². The van der Waals surface area contributed by atoms with Gasteiger partial charge in [-0.25, -0.2) is 8.78 Å². The molecule has 1 aliphatic rings. The number of carbonyl (C=O) groups is 1. The molecule has 0 N–H and O–H groups in total. The number of fused-ring (bicyclic) bond motifs is 1. The van der Waals surface area contributed by atoms with Crippen molar-refractivity contribution in [2.45, 2.75) is 31.6 Å². The highest BCUT2D eigenvalue weighted by atomic mass is 19.2. The number of nitrogens with zero attached hydrogens (tertiary/aromatic N) is 1. The molecule has 0 atom stereocenters. The van der Waals surface area contributed by atoms with Gasteiger partial charge in [0.1, 0.15) is 5.78 Å². The molecule has 19 heavy (non-hydrogen) atoms. The van der Waals surface area contributed by atoms with Gasteiger partial charge in [-0.1, -0.05) is 0 Å². The molecule has 0 spiro atoms. The Kier molecular flexibility index (Phi) is 3.01. The van der Waals surface area contributed by atoms with Crippen molar-refractivity contribution < 1.29 is 13.6 Å². The van der Waals surface area contributed by atoms with Crippen molar-refractivity contribution in [3.8, 4) is 0 Å². The number of carbonyl (C=O) groups excluding carboxylic acids is 1. The number of hydrogen-bond donors (Lipinski definition) is 0. The number of halogens is 2. The van der Waals surface area contributed by atoms with Crippen LogP contribution in [-0.4, -0.2) is 10.8 Å². The van der Waals surface area contributed by atoms with Crippen LogP contribution in [0.5, 0.6) is 0 Å². The van der Waals surface area contributed by atoms with Gasteiger partial charge in [-0.2, -0.15) is 0 Å². The van der Waals surface area contributed by atoms with E-state index in [1.165, 1.54) is 6.07 Å². The highest BCUT2D eigenvalue weighted by Gasteiger charge is 2.22. The number of hydrogen-bond acceptors (Lipinski definition) is 2. The molecule has 1 heterocycles. The lowest BCUT2D eigenvalue weighted by Gasteiger charge is -2.22. The third kappa shape index (κ3) is 2.23. The monoisotopic (exact) mass is 261 g/mol. The van der Waals surface area contributed by atoms with E-state index < -0.39 is 11.6 Å². The number of pyridine rings is 1. The molecule has 0 unspecified atom stereocenters. The van der Waals surface area contributed by atoms with E-state index in [1.807, 2.05) is 6.07 Å². The van der Waals surface area contributed by atoms with Crippen LogP contribution in [0.1, 0.15) is 37.2 Å². The molecule has 98 valence electrons. The summed E-state index contributed by atoms with van der Waals surface area (Å²) >= 11 is 0. The zero-order valence-electron chi connectivity index (χ0n) is 10.3. The highest BCUT2D eigenvalue weighted by molar-refractivity contribution is 5.84. The van der Waals surface area contributed by atoms with Gasteiger partial charge in [0.2, 0.25) is 0 Å². The van der Waals surface area contributed by atoms with Gasteiger partial charge >= 0.3 is 0 Å². The van der Waals surface area contributed by atoms with Crippen LogP contribution in [0.2, 0.25) is 0 Å². The second kappa shape index (κ2) is 4.68. The molecule has 3 rings (SSSR count). The predicted octanol–water partition coefficient (Wildman–Crippen LogP) is 3.74. The van der Waals surface area contributed by atoms with Crippen LogP contribution in [0.25, 0.3) is 10.9 Å². The summed E-state index contributed by atoms with van der Waals surface area (Å²) in [5, 5.41) is 0.653. The van der Waals surface area contributed by atoms with Crippen LogP contribution in [0, 0.1) is 11.6 Å². The number of Topliss-reactive ketones (excluding diaryl/α,β-unsaturated/α-hetero) is 1. The SMILES string of the molecule is O=C1CCC(c2ccnc3cc(F)c(F)cc23)CC1. The molecular formula is C15H13F2NO. The summed E-state index contributed by atoms with van der Waals surface area (Å²) in [7, 11) is 0. The van der Waals surface area contributed by atoms with Crippen LogP contribution in [0.4, 0.5) is 8.78 Å². The third-order valence-corrected chi connectivity index (χ3v) is 3.80. The molecular weight excluding hydrogens is 248 g/mol. The first-order valence-corrected chi connectivity index (χ1v) is 6.40. The molecule has 0 saturated heterocycles. The Morgan fingerprint density at radius 3 is 2.53 bits per heavy atom. The quantitative estimate of drug-likeness (QED) is 0.782. The van der Waals surface area contributed by atoms with E-state index in [1.54, 1.807) is 6.20 Å². The van der Waals surface area contributed by atoms with Crippen LogP contribution >= 0.6 is 0 Å². The summed E-state index contributed by atoms with van der Waals surface area (Å²) in [5.74, 6) is -1.22. The van der Waals surface area contributed by atoms with E-state index in [4.69, 9.17) is 0 Å². The minimum Gasteiger partial charge on any atom is -0.300 e. The van der Waals surface area contributed by atoms with Crippen molar-refractivity contribution in [1.82, 2.24) is 4.98 Å². The predicted molar refractivity (Wildman–Crippen MR) is 67.9 cm³/mol. The molecule has 0 radical (unpaired) electrons. The molecule has 0 amide bonds. The van der Waals surface area contributed by atoms with Gasteiger partial charge in [-0.05, 0) is 36.5 Å². The van der Waals surface area contributed by atoms with Crippen molar-refractivity contribution >= 4 is 16.7 Å². The fourth-order valence-electron chi connectivity index (χ4n) is 2.77. The smallest absolute Gasteiger partial charge is 0.161 e. The Balaban J connectivity index is 2.08. The maximum absolute atomic E-state index is 13.4. The fourth-order valence-corrected chi connectivity index (χ4v) is 2.77. The first-order chi connectivity index (χ1) is 9.15. The molecule has 4 heteroatoms. The summed E-state index contributed by atoms with van der Waals surface area (Å²) in [5.41, 5.74) is 1.43. The van der Waals surface area contributed by atoms with Gasteiger partial charge in [-0.15, -0.1) is 0 Å². The Morgan fingerprint density at radius 1 is 1.11 bits per heavy atom. The Bertz CT molecular complexity index is 644. The number of ketones is 1. The molecule has 2 nitrogen and oxygen atoms in total. The van der Waals surface area contributed by atoms with Crippen molar-refractivity contribution in [2.75, 3.05) is 0 Å². The lowest BCUT2D eigenvalue weighted by molar-refractivity contribution is -0.120. The van der Waals surface area contributed by atoms with Crippen molar-refractivity contribution in [3.05, 3.63) is 41.6 Å². The summed E-state index contributed by atoms with van der Waals surface area (Å²) in [6.45, 7) is 0. The third-order valence-electron chi connectivity index (χ3n) is 3.80. The topological polar surface area (TPSA) is 30.0 Å². The number of aromatic nitrogens is 1. The standard InChI is InChI=1S/C15H13F2NO/c16-13-7-12-11(9-1-3-10(19)4-2-9)5-6-18-15(12)8-14(13)17/h5-9H,1-4H2. The van der Waals surface area contributed by atoms with E-state index in [2.05, 4.69) is 4.98 Å². The maximum Gasteiger partial charge on any atom is 0.161 e. The molecule has 1 aromatic heterocycles. The van der Waals surface area contributed by atoms with E-state index in [9.17, 15) is 13.6 Å². The van der Waals surface area contributed by atoms with Gasteiger partial charge in [0, 0.05) is 30.5 Å². The lowest BCUT2D eigenvalue weighted by Crippen LogP contribution is -2.12. The van der Waals surface area contributed by atoms with Crippen molar-refractivity contribution in [2.24, 2.45) is 0 Å². The van der Waals surface area contributed by atoms with E-state index in [0.717, 1.165) is 24.5 Å². The Hall–Kier alpha value is -1.84. The fraction of sp³-hybridized carbons (Fsp3) is 0.333. The lowest BCUT2D eigenvalue weighted by atomic mass is 9.82. The zero-order chi connectivity index (χ0) is 13.4. The van der Waals surface area contributed by atoms with Crippen LogP contribution < -0.4 is 0 Å². The maximum atomic E-state index is 13.4. The average Bonchev–Trinajstić information content (AvgIpc) is 2.41. The van der Waals surface area contributed by atoms with E-state index in [0.29, 0.717) is 23.7 Å². The normalized spacial score (nSPS) is 17.1.